The van der Waals surface area contributed by atoms with Crippen LogP contribution >= 0.6 is 22.9 Å². The molecule has 0 saturated heterocycles. The number of nitrogens with zero attached hydrogens (tertiary/aromatic N) is 3. The summed E-state index contributed by atoms with van der Waals surface area (Å²) in [4.78, 5) is 5.93. The van der Waals surface area contributed by atoms with Gasteiger partial charge in [-0.1, -0.05) is 22.9 Å². The molecule has 0 unspecified atom stereocenters. The Bertz CT molecular complexity index is 552. The van der Waals surface area contributed by atoms with Gasteiger partial charge >= 0.3 is 0 Å². The fraction of sp³-hybridized carbons (Fsp3) is 0.727. The van der Waals surface area contributed by atoms with Gasteiger partial charge in [-0.2, -0.15) is 4.31 Å². The van der Waals surface area contributed by atoms with Gasteiger partial charge in [-0.15, -0.1) is 0 Å². The summed E-state index contributed by atoms with van der Waals surface area (Å²) in [6, 6.07) is 0. The highest BCUT2D eigenvalue weighted by atomic mass is 35.5. The van der Waals surface area contributed by atoms with Crippen molar-refractivity contribution in [3.8, 4) is 0 Å². The minimum absolute atomic E-state index is 0.0314. The van der Waals surface area contributed by atoms with Crippen LogP contribution in [-0.2, 0) is 10.0 Å². The summed E-state index contributed by atoms with van der Waals surface area (Å²) >= 11 is 6.70. The van der Waals surface area contributed by atoms with Crippen LogP contribution in [0.5, 0.6) is 0 Å². The molecular weight excluding hydrogens is 306 g/mol. The molecular formula is C11H18ClN3O2S2. The average Bonchev–Trinajstić information content (AvgIpc) is 2.69. The Hall–Kier alpha value is -0.210. The lowest BCUT2D eigenvalue weighted by atomic mass is 9.75. The van der Waals surface area contributed by atoms with Gasteiger partial charge in [-0.3, -0.25) is 0 Å². The Labute approximate surface area is 123 Å². The van der Waals surface area contributed by atoms with Crippen LogP contribution < -0.4 is 0 Å². The molecule has 0 atom stereocenters. The van der Waals surface area contributed by atoms with E-state index in [0.29, 0.717) is 6.54 Å². The van der Waals surface area contributed by atoms with Crippen molar-refractivity contribution in [3.05, 3.63) is 10.7 Å². The van der Waals surface area contributed by atoms with Gasteiger partial charge in [-0.05, 0) is 33.4 Å². The van der Waals surface area contributed by atoms with Crippen LogP contribution in [0.1, 0.15) is 19.3 Å². The molecule has 1 aromatic rings. The van der Waals surface area contributed by atoms with Gasteiger partial charge < -0.3 is 4.90 Å². The number of likely N-dealkylation sites (N-methyl/N-ethyl adjacent to an activating group) is 2. The van der Waals surface area contributed by atoms with E-state index >= 15 is 0 Å². The van der Waals surface area contributed by atoms with E-state index in [-0.39, 0.29) is 14.2 Å². The van der Waals surface area contributed by atoms with Crippen molar-refractivity contribution in [2.24, 2.45) is 0 Å². The van der Waals surface area contributed by atoms with E-state index in [2.05, 4.69) is 9.88 Å². The maximum atomic E-state index is 12.4. The van der Waals surface area contributed by atoms with E-state index in [1.807, 2.05) is 14.1 Å². The molecule has 1 aromatic heterocycles. The molecule has 108 valence electrons. The van der Waals surface area contributed by atoms with Gasteiger partial charge in [0.1, 0.15) is 0 Å². The van der Waals surface area contributed by atoms with E-state index in [0.717, 1.165) is 30.6 Å². The highest BCUT2D eigenvalue weighted by molar-refractivity contribution is 7.91. The predicted molar refractivity (Wildman–Crippen MR) is 77.2 cm³/mol. The molecule has 0 aromatic carbocycles. The van der Waals surface area contributed by atoms with Crippen LogP contribution in [0.25, 0.3) is 0 Å². The normalized spacial score (nSPS) is 18.8. The summed E-state index contributed by atoms with van der Waals surface area (Å²) in [6.45, 7) is 0.498. The van der Waals surface area contributed by atoms with Crippen LogP contribution in [0, 0.1) is 0 Å². The van der Waals surface area contributed by atoms with Gasteiger partial charge in [0.25, 0.3) is 10.0 Å². The SMILES string of the molecule is CN(C)C1(CN(C)S(=O)(=O)c2cnc(Cl)s2)CCC1. The molecule has 0 N–H and O–H groups in total. The Balaban J connectivity index is 2.17. The summed E-state index contributed by atoms with van der Waals surface area (Å²) in [6.07, 6.45) is 4.53. The molecule has 19 heavy (non-hydrogen) atoms. The summed E-state index contributed by atoms with van der Waals surface area (Å²) in [5.41, 5.74) is -0.0314. The second kappa shape index (κ2) is 5.29. The molecule has 0 aliphatic heterocycles. The van der Waals surface area contributed by atoms with E-state index in [1.165, 1.54) is 10.5 Å². The number of rotatable bonds is 5. The van der Waals surface area contributed by atoms with E-state index < -0.39 is 10.0 Å². The van der Waals surface area contributed by atoms with E-state index in [1.54, 1.807) is 7.05 Å². The zero-order chi connectivity index (χ0) is 14.3. The highest BCUT2D eigenvalue weighted by Crippen LogP contribution is 2.38. The molecule has 2 rings (SSSR count). The third kappa shape index (κ3) is 2.80. The van der Waals surface area contributed by atoms with E-state index in [4.69, 9.17) is 11.6 Å². The lowest BCUT2D eigenvalue weighted by Crippen LogP contribution is -2.57. The number of thiazole rings is 1. The van der Waals surface area contributed by atoms with Gasteiger partial charge in [-0.25, -0.2) is 13.4 Å². The Morgan fingerprint density at radius 3 is 2.42 bits per heavy atom. The van der Waals surface area contributed by atoms with Crippen LogP contribution in [0.15, 0.2) is 10.4 Å². The zero-order valence-corrected chi connectivity index (χ0v) is 13.6. The average molecular weight is 324 g/mol. The third-order valence-electron chi connectivity index (χ3n) is 3.87. The molecule has 1 heterocycles. The summed E-state index contributed by atoms with van der Waals surface area (Å²) in [5, 5.41) is 0. The summed E-state index contributed by atoms with van der Waals surface area (Å²) in [7, 11) is 2.14. The Morgan fingerprint density at radius 2 is 2.05 bits per heavy atom. The predicted octanol–water partition coefficient (Wildman–Crippen LogP) is 1.90. The second-order valence-electron chi connectivity index (χ2n) is 5.17. The Kier molecular flexibility index (Phi) is 4.23. The largest absolute Gasteiger partial charge is 0.302 e. The number of sulfonamides is 1. The van der Waals surface area contributed by atoms with Crippen LogP contribution in [0.4, 0.5) is 0 Å². The molecule has 0 radical (unpaired) electrons. The van der Waals surface area contributed by atoms with Gasteiger partial charge in [0.2, 0.25) is 0 Å². The molecule has 0 bridgehead atoms. The Morgan fingerprint density at radius 1 is 1.42 bits per heavy atom. The standard InChI is InChI=1S/C11H18ClN3O2S2/c1-14(2)11(5-4-6-11)8-15(3)19(16,17)9-7-13-10(12)18-9/h7H,4-6,8H2,1-3H3. The van der Waals surface area contributed by atoms with Crippen molar-refractivity contribution in [3.63, 3.8) is 0 Å². The fourth-order valence-electron chi connectivity index (χ4n) is 2.34. The topological polar surface area (TPSA) is 53.5 Å². The number of hydrogen-bond donors (Lipinski definition) is 0. The zero-order valence-electron chi connectivity index (χ0n) is 11.3. The van der Waals surface area contributed by atoms with Crippen molar-refractivity contribution in [1.82, 2.24) is 14.2 Å². The van der Waals surface area contributed by atoms with Crippen molar-refractivity contribution < 1.29 is 8.42 Å². The number of halogens is 1. The third-order valence-corrected chi connectivity index (χ3v) is 7.23. The molecule has 8 heteroatoms. The number of hydrogen-bond acceptors (Lipinski definition) is 5. The molecule has 5 nitrogen and oxygen atoms in total. The van der Waals surface area contributed by atoms with Crippen molar-refractivity contribution in [2.75, 3.05) is 27.7 Å². The molecule has 0 amide bonds. The molecule has 1 fully saturated rings. The van der Waals surface area contributed by atoms with Crippen LogP contribution in [-0.4, -0.2) is 55.8 Å². The first-order valence-corrected chi connectivity index (χ1v) is 8.66. The summed E-state index contributed by atoms with van der Waals surface area (Å²) < 4.78 is 26.7. The minimum Gasteiger partial charge on any atom is -0.302 e. The second-order valence-corrected chi connectivity index (χ2v) is 9.05. The summed E-state index contributed by atoms with van der Waals surface area (Å²) in [5.74, 6) is 0. The fourth-order valence-corrected chi connectivity index (χ4v) is 5.10. The first kappa shape index (κ1) is 15.2. The van der Waals surface area contributed by atoms with Gasteiger partial charge in [0.05, 0.1) is 6.20 Å². The lowest BCUT2D eigenvalue weighted by molar-refractivity contribution is 0.0455. The lowest BCUT2D eigenvalue weighted by Gasteiger charge is -2.48. The minimum atomic E-state index is -3.48. The molecule has 1 saturated carbocycles. The van der Waals surface area contributed by atoms with Crippen molar-refractivity contribution >= 4 is 33.0 Å². The van der Waals surface area contributed by atoms with Gasteiger partial charge in [0, 0.05) is 19.1 Å². The van der Waals surface area contributed by atoms with Gasteiger partial charge in [0.15, 0.2) is 8.68 Å². The van der Waals surface area contributed by atoms with E-state index in [9.17, 15) is 8.42 Å². The first-order valence-electron chi connectivity index (χ1n) is 6.03. The monoisotopic (exact) mass is 323 g/mol. The molecule has 0 spiro atoms. The van der Waals surface area contributed by atoms with Crippen LogP contribution in [0.2, 0.25) is 4.47 Å². The maximum Gasteiger partial charge on any atom is 0.254 e. The van der Waals surface area contributed by atoms with Crippen LogP contribution in [0.3, 0.4) is 0 Å². The molecule has 1 aliphatic rings. The smallest absolute Gasteiger partial charge is 0.254 e. The molecule has 1 aliphatic carbocycles. The quantitative estimate of drug-likeness (QED) is 0.830. The maximum absolute atomic E-state index is 12.4. The highest BCUT2D eigenvalue weighted by Gasteiger charge is 2.42. The number of aromatic nitrogens is 1. The van der Waals surface area contributed by atoms with Crippen molar-refractivity contribution in [2.45, 2.75) is 29.0 Å². The van der Waals surface area contributed by atoms with Crippen molar-refractivity contribution in [1.29, 1.82) is 0 Å². The first-order chi connectivity index (χ1) is 8.78.